The lowest BCUT2D eigenvalue weighted by atomic mass is 10.1. The van der Waals surface area contributed by atoms with Crippen LogP contribution in [0.5, 0.6) is 0 Å². The van der Waals surface area contributed by atoms with Crippen molar-refractivity contribution in [1.82, 2.24) is 15.2 Å². The number of benzene rings is 1. The smallest absolute Gasteiger partial charge is 0.255 e. The summed E-state index contributed by atoms with van der Waals surface area (Å²) in [5.41, 5.74) is 2.74. The first-order valence-electron chi connectivity index (χ1n) is 7.72. The third kappa shape index (κ3) is 3.17. The molecule has 1 aliphatic rings. The van der Waals surface area contributed by atoms with Crippen LogP contribution < -0.4 is 5.32 Å². The highest BCUT2D eigenvalue weighted by Crippen LogP contribution is 2.22. The molecule has 0 bridgehead atoms. The molecular formula is C18H21N3O. The molecule has 0 spiro atoms. The summed E-state index contributed by atoms with van der Waals surface area (Å²) in [5.74, 6) is 0.642. The Kier molecular flexibility index (Phi) is 4.49. The van der Waals surface area contributed by atoms with Crippen LogP contribution in [-0.4, -0.2) is 42.5 Å². The minimum Gasteiger partial charge on any atom is -0.338 e. The van der Waals surface area contributed by atoms with Gasteiger partial charge in [-0.25, -0.2) is 0 Å². The number of pyridine rings is 1. The molecule has 1 amide bonds. The molecule has 1 aromatic heterocycles. The topological polar surface area (TPSA) is 45.2 Å². The number of hydrogen-bond acceptors (Lipinski definition) is 3. The fourth-order valence-electron chi connectivity index (χ4n) is 3.00. The molecule has 114 valence electrons. The van der Waals surface area contributed by atoms with Gasteiger partial charge in [-0.2, -0.15) is 0 Å². The number of hydrogen-bond donors (Lipinski definition) is 1. The average molecular weight is 295 g/mol. The van der Waals surface area contributed by atoms with Gasteiger partial charge in [0.15, 0.2) is 0 Å². The highest BCUT2D eigenvalue weighted by atomic mass is 16.2. The molecule has 1 fully saturated rings. The highest BCUT2D eigenvalue weighted by Gasteiger charge is 2.26. The predicted octanol–water partition coefficient (Wildman–Crippen LogP) is 2.43. The molecule has 1 saturated heterocycles. The molecule has 1 aliphatic heterocycles. The lowest BCUT2D eigenvalue weighted by molar-refractivity contribution is 0.0787. The van der Waals surface area contributed by atoms with Crippen molar-refractivity contribution in [1.29, 1.82) is 0 Å². The van der Waals surface area contributed by atoms with Gasteiger partial charge >= 0.3 is 0 Å². The third-order valence-electron chi connectivity index (χ3n) is 4.16. The second-order valence-electron chi connectivity index (χ2n) is 5.79. The average Bonchev–Trinajstić information content (AvgIpc) is 3.04. The summed E-state index contributed by atoms with van der Waals surface area (Å²) in [6.07, 6.45) is 4.54. The Morgan fingerprint density at radius 3 is 2.86 bits per heavy atom. The van der Waals surface area contributed by atoms with Crippen molar-refractivity contribution in [3.63, 3.8) is 0 Å². The molecule has 1 aromatic carbocycles. The zero-order valence-electron chi connectivity index (χ0n) is 12.8. The normalized spacial score (nSPS) is 17.7. The Morgan fingerprint density at radius 2 is 2.09 bits per heavy atom. The quantitative estimate of drug-likeness (QED) is 0.942. The molecule has 1 N–H and O–H groups in total. The second kappa shape index (κ2) is 6.71. The van der Waals surface area contributed by atoms with Crippen LogP contribution in [0.25, 0.3) is 11.1 Å². The van der Waals surface area contributed by atoms with Crippen LogP contribution in [0.4, 0.5) is 0 Å². The number of carbonyl (C=O) groups is 1. The number of likely N-dealkylation sites (tertiary alicyclic amines) is 1. The van der Waals surface area contributed by atoms with Gasteiger partial charge in [-0.3, -0.25) is 9.78 Å². The van der Waals surface area contributed by atoms with Crippen LogP contribution in [0, 0.1) is 5.92 Å². The van der Waals surface area contributed by atoms with Gasteiger partial charge in [0.25, 0.3) is 5.91 Å². The highest BCUT2D eigenvalue weighted by molar-refractivity contribution is 5.95. The minimum absolute atomic E-state index is 0.0869. The molecule has 0 radical (unpaired) electrons. The fourth-order valence-corrected chi connectivity index (χ4v) is 3.00. The van der Waals surface area contributed by atoms with Crippen molar-refractivity contribution in [2.75, 3.05) is 26.7 Å². The maximum absolute atomic E-state index is 12.6. The minimum atomic E-state index is 0.0869. The summed E-state index contributed by atoms with van der Waals surface area (Å²) < 4.78 is 0. The zero-order chi connectivity index (χ0) is 15.4. The van der Waals surface area contributed by atoms with E-state index >= 15 is 0 Å². The predicted molar refractivity (Wildman–Crippen MR) is 87.6 cm³/mol. The maximum Gasteiger partial charge on any atom is 0.255 e. The van der Waals surface area contributed by atoms with Gasteiger partial charge in [0.1, 0.15) is 0 Å². The van der Waals surface area contributed by atoms with Gasteiger partial charge in [-0.1, -0.05) is 30.3 Å². The number of carbonyl (C=O) groups excluding carboxylic acids is 1. The Morgan fingerprint density at radius 1 is 1.27 bits per heavy atom. The third-order valence-corrected chi connectivity index (χ3v) is 4.16. The lowest BCUT2D eigenvalue weighted by Crippen LogP contribution is -2.30. The number of amides is 1. The zero-order valence-corrected chi connectivity index (χ0v) is 12.8. The van der Waals surface area contributed by atoms with Crippen LogP contribution >= 0.6 is 0 Å². The molecule has 0 aliphatic carbocycles. The van der Waals surface area contributed by atoms with E-state index in [1.807, 2.05) is 48.3 Å². The standard InChI is InChI=1S/C18H21N3O/c1-19-10-14-7-8-21(13-14)18(22)17-9-16(11-20-12-17)15-5-3-2-4-6-15/h2-6,9,11-12,14,19H,7-8,10,13H2,1H3. The van der Waals surface area contributed by atoms with Gasteiger partial charge in [0.05, 0.1) is 5.56 Å². The second-order valence-corrected chi connectivity index (χ2v) is 5.79. The molecule has 0 saturated carbocycles. The van der Waals surface area contributed by atoms with Crippen LogP contribution in [0.1, 0.15) is 16.8 Å². The first kappa shape index (κ1) is 14.7. The Balaban J connectivity index is 1.77. The first-order valence-corrected chi connectivity index (χ1v) is 7.72. The first-order chi connectivity index (χ1) is 10.8. The van der Waals surface area contributed by atoms with E-state index in [0.717, 1.165) is 37.2 Å². The van der Waals surface area contributed by atoms with E-state index in [-0.39, 0.29) is 5.91 Å². The van der Waals surface area contributed by atoms with E-state index in [4.69, 9.17) is 0 Å². The van der Waals surface area contributed by atoms with Crippen LogP contribution in [0.15, 0.2) is 48.8 Å². The number of aromatic nitrogens is 1. The molecule has 2 heterocycles. The van der Waals surface area contributed by atoms with E-state index in [9.17, 15) is 4.79 Å². The molecule has 4 nitrogen and oxygen atoms in total. The van der Waals surface area contributed by atoms with E-state index in [1.54, 1.807) is 12.4 Å². The Hall–Kier alpha value is -2.20. The summed E-state index contributed by atoms with van der Waals surface area (Å²) in [4.78, 5) is 18.8. The summed E-state index contributed by atoms with van der Waals surface area (Å²) in [6, 6.07) is 12.0. The summed E-state index contributed by atoms with van der Waals surface area (Å²) >= 11 is 0. The van der Waals surface area contributed by atoms with Gasteiger partial charge in [-0.15, -0.1) is 0 Å². The number of nitrogens with one attached hydrogen (secondary N) is 1. The van der Waals surface area contributed by atoms with Crippen LogP contribution in [0.2, 0.25) is 0 Å². The molecule has 3 rings (SSSR count). The molecule has 1 atom stereocenters. The molecule has 2 aromatic rings. The number of nitrogens with zero attached hydrogens (tertiary/aromatic N) is 2. The van der Waals surface area contributed by atoms with E-state index in [2.05, 4.69) is 10.3 Å². The Labute approximate surface area is 131 Å². The van der Waals surface area contributed by atoms with E-state index in [0.29, 0.717) is 11.5 Å². The van der Waals surface area contributed by atoms with Gasteiger partial charge in [-0.05, 0) is 37.6 Å². The number of rotatable bonds is 4. The van der Waals surface area contributed by atoms with Crippen molar-refractivity contribution in [2.45, 2.75) is 6.42 Å². The van der Waals surface area contributed by atoms with Crippen molar-refractivity contribution in [2.24, 2.45) is 5.92 Å². The molecule has 1 unspecified atom stereocenters. The van der Waals surface area contributed by atoms with Crippen LogP contribution in [-0.2, 0) is 0 Å². The molecule has 22 heavy (non-hydrogen) atoms. The summed E-state index contributed by atoms with van der Waals surface area (Å²) in [5, 5.41) is 3.19. The van der Waals surface area contributed by atoms with Gasteiger partial charge in [0, 0.05) is 31.0 Å². The molecular weight excluding hydrogens is 274 g/mol. The summed E-state index contributed by atoms with van der Waals surface area (Å²) in [6.45, 7) is 2.63. The van der Waals surface area contributed by atoms with Gasteiger partial charge < -0.3 is 10.2 Å². The van der Waals surface area contributed by atoms with Crippen molar-refractivity contribution in [3.05, 3.63) is 54.4 Å². The monoisotopic (exact) mass is 295 g/mol. The largest absolute Gasteiger partial charge is 0.338 e. The Bertz CT molecular complexity index is 642. The van der Waals surface area contributed by atoms with E-state index < -0.39 is 0 Å². The molecule has 4 heteroatoms. The van der Waals surface area contributed by atoms with Crippen molar-refractivity contribution < 1.29 is 4.79 Å². The van der Waals surface area contributed by atoms with Crippen molar-refractivity contribution >= 4 is 5.91 Å². The van der Waals surface area contributed by atoms with E-state index in [1.165, 1.54) is 0 Å². The summed E-state index contributed by atoms with van der Waals surface area (Å²) in [7, 11) is 1.96. The maximum atomic E-state index is 12.6. The SMILES string of the molecule is CNCC1CCN(C(=O)c2cncc(-c3ccccc3)c2)C1. The van der Waals surface area contributed by atoms with Crippen molar-refractivity contribution in [3.8, 4) is 11.1 Å². The van der Waals surface area contributed by atoms with Crippen LogP contribution in [0.3, 0.4) is 0 Å². The van der Waals surface area contributed by atoms with Gasteiger partial charge in [0.2, 0.25) is 0 Å². The lowest BCUT2D eigenvalue weighted by Gasteiger charge is -2.17. The fraction of sp³-hybridized carbons (Fsp3) is 0.333.